The van der Waals surface area contributed by atoms with Gasteiger partial charge in [-0.1, -0.05) is 18.7 Å². The summed E-state index contributed by atoms with van der Waals surface area (Å²) in [6.45, 7) is 4.96. The van der Waals surface area contributed by atoms with Crippen LogP contribution in [-0.2, 0) is 25.8 Å². The molecule has 6 heteroatoms. The number of carbonyl (C=O) groups excluding carboxylic acids is 2. The highest BCUT2D eigenvalue weighted by Crippen LogP contribution is 2.11. The Bertz CT molecular complexity index is 630. The standard InChI is InChI=1S/C14H17NO4S/c1-10(2)14(17)15-13(16)9-6-11-4-7-12(8-5-11)20(3,18)19/h4-5,7-8H,1,6,9H2,2-3H3,(H,15,16,17). The summed E-state index contributed by atoms with van der Waals surface area (Å²) in [5.41, 5.74) is 1.10. The lowest BCUT2D eigenvalue weighted by molar-refractivity contribution is -0.128. The molecule has 0 saturated heterocycles. The Morgan fingerprint density at radius 1 is 1.20 bits per heavy atom. The molecule has 20 heavy (non-hydrogen) atoms. The van der Waals surface area contributed by atoms with Crippen LogP contribution in [-0.4, -0.2) is 26.5 Å². The summed E-state index contributed by atoms with van der Waals surface area (Å²) in [6, 6.07) is 6.32. The zero-order valence-electron chi connectivity index (χ0n) is 11.5. The normalized spacial score (nSPS) is 10.9. The molecule has 0 heterocycles. The molecular formula is C14H17NO4S. The van der Waals surface area contributed by atoms with Crippen LogP contribution in [0.2, 0.25) is 0 Å². The first-order chi connectivity index (χ1) is 9.20. The van der Waals surface area contributed by atoms with Gasteiger partial charge in [0, 0.05) is 18.2 Å². The first kappa shape index (κ1) is 16.1. The molecule has 1 aromatic carbocycles. The van der Waals surface area contributed by atoms with E-state index in [9.17, 15) is 18.0 Å². The summed E-state index contributed by atoms with van der Waals surface area (Å²) in [6.07, 6.45) is 1.72. The van der Waals surface area contributed by atoms with Crippen molar-refractivity contribution in [2.24, 2.45) is 0 Å². The molecule has 5 nitrogen and oxygen atoms in total. The molecular weight excluding hydrogens is 278 g/mol. The average Bonchev–Trinajstić information content (AvgIpc) is 2.35. The minimum Gasteiger partial charge on any atom is -0.293 e. The van der Waals surface area contributed by atoms with Gasteiger partial charge < -0.3 is 0 Å². The van der Waals surface area contributed by atoms with E-state index >= 15 is 0 Å². The largest absolute Gasteiger partial charge is 0.293 e. The zero-order valence-corrected chi connectivity index (χ0v) is 12.3. The predicted octanol–water partition coefficient (Wildman–Crippen LogP) is 1.24. The van der Waals surface area contributed by atoms with Crippen molar-refractivity contribution >= 4 is 21.7 Å². The van der Waals surface area contributed by atoms with Gasteiger partial charge in [0.15, 0.2) is 9.84 Å². The fraction of sp³-hybridized carbons (Fsp3) is 0.286. The van der Waals surface area contributed by atoms with Gasteiger partial charge in [-0.25, -0.2) is 8.42 Å². The molecule has 0 bridgehead atoms. The Balaban J connectivity index is 2.56. The summed E-state index contributed by atoms with van der Waals surface area (Å²) in [5, 5.41) is 2.21. The Hall–Kier alpha value is -1.95. The maximum Gasteiger partial charge on any atom is 0.252 e. The van der Waals surface area contributed by atoms with Crippen molar-refractivity contribution in [1.29, 1.82) is 0 Å². The topological polar surface area (TPSA) is 80.3 Å². The molecule has 0 unspecified atom stereocenters. The van der Waals surface area contributed by atoms with E-state index in [1.807, 2.05) is 0 Å². The lowest BCUT2D eigenvalue weighted by atomic mass is 10.1. The molecule has 0 saturated carbocycles. The number of hydrogen-bond acceptors (Lipinski definition) is 4. The molecule has 0 atom stereocenters. The van der Waals surface area contributed by atoms with Crippen molar-refractivity contribution in [3.63, 3.8) is 0 Å². The van der Waals surface area contributed by atoms with E-state index in [2.05, 4.69) is 11.9 Å². The quantitative estimate of drug-likeness (QED) is 0.829. The number of amides is 2. The number of hydrogen-bond donors (Lipinski definition) is 1. The van der Waals surface area contributed by atoms with Gasteiger partial charge >= 0.3 is 0 Å². The number of sulfone groups is 1. The van der Waals surface area contributed by atoms with Crippen molar-refractivity contribution in [3.05, 3.63) is 42.0 Å². The third-order valence-corrected chi connectivity index (χ3v) is 3.76. The lowest BCUT2D eigenvalue weighted by Crippen LogP contribution is -2.30. The summed E-state index contributed by atoms with van der Waals surface area (Å²) in [7, 11) is -3.21. The molecule has 0 radical (unpaired) electrons. The third-order valence-electron chi connectivity index (χ3n) is 2.63. The maximum atomic E-state index is 11.5. The number of aryl methyl sites for hydroxylation is 1. The Labute approximate surface area is 118 Å². The molecule has 1 aromatic rings. The summed E-state index contributed by atoms with van der Waals surface area (Å²) in [5.74, 6) is -0.868. The second-order valence-corrected chi connectivity index (χ2v) is 6.59. The Morgan fingerprint density at radius 2 is 1.75 bits per heavy atom. The van der Waals surface area contributed by atoms with Crippen molar-refractivity contribution in [2.75, 3.05) is 6.26 Å². The summed E-state index contributed by atoms with van der Waals surface area (Å²) < 4.78 is 22.6. The summed E-state index contributed by atoms with van der Waals surface area (Å²) >= 11 is 0. The van der Waals surface area contributed by atoms with E-state index in [0.29, 0.717) is 6.42 Å². The minimum atomic E-state index is -3.21. The van der Waals surface area contributed by atoms with Crippen LogP contribution in [0.5, 0.6) is 0 Å². The third kappa shape index (κ3) is 4.97. The lowest BCUT2D eigenvalue weighted by Gasteiger charge is -2.04. The number of rotatable bonds is 5. The molecule has 0 aliphatic rings. The Morgan fingerprint density at radius 3 is 2.20 bits per heavy atom. The van der Waals surface area contributed by atoms with E-state index in [-0.39, 0.29) is 22.8 Å². The minimum absolute atomic E-state index is 0.150. The van der Waals surface area contributed by atoms with Gasteiger partial charge in [0.1, 0.15) is 0 Å². The average molecular weight is 295 g/mol. The molecule has 0 aromatic heterocycles. The number of imide groups is 1. The van der Waals surface area contributed by atoms with E-state index in [1.165, 1.54) is 19.1 Å². The highest BCUT2D eigenvalue weighted by Gasteiger charge is 2.09. The smallest absolute Gasteiger partial charge is 0.252 e. The van der Waals surface area contributed by atoms with Crippen LogP contribution in [0.15, 0.2) is 41.3 Å². The fourth-order valence-electron chi connectivity index (χ4n) is 1.46. The highest BCUT2D eigenvalue weighted by atomic mass is 32.2. The highest BCUT2D eigenvalue weighted by molar-refractivity contribution is 7.90. The number of benzene rings is 1. The molecule has 108 valence electrons. The van der Waals surface area contributed by atoms with Crippen LogP contribution in [0.4, 0.5) is 0 Å². The molecule has 0 aliphatic heterocycles. The molecule has 2 amide bonds. The van der Waals surface area contributed by atoms with E-state index in [0.717, 1.165) is 11.8 Å². The van der Waals surface area contributed by atoms with Crippen LogP contribution in [0.1, 0.15) is 18.9 Å². The second kappa shape index (κ2) is 6.47. The molecule has 0 fully saturated rings. The number of nitrogens with one attached hydrogen (secondary N) is 1. The van der Waals surface area contributed by atoms with Crippen LogP contribution in [0.25, 0.3) is 0 Å². The van der Waals surface area contributed by atoms with Crippen molar-refractivity contribution in [3.8, 4) is 0 Å². The van der Waals surface area contributed by atoms with Gasteiger partial charge in [-0.15, -0.1) is 0 Å². The maximum absolute atomic E-state index is 11.5. The molecule has 0 spiro atoms. The summed E-state index contributed by atoms with van der Waals surface area (Å²) in [4.78, 5) is 22.9. The van der Waals surface area contributed by atoms with Gasteiger partial charge in [0.05, 0.1) is 4.90 Å². The second-order valence-electron chi connectivity index (χ2n) is 4.57. The van der Waals surface area contributed by atoms with Crippen LogP contribution in [0, 0.1) is 0 Å². The van der Waals surface area contributed by atoms with E-state index < -0.39 is 15.7 Å². The van der Waals surface area contributed by atoms with Crippen LogP contribution >= 0.6 is 0 Å². The first-order valence-corrected chi connectivity index (χ1v) is 7.88. The van der Waals surface area contributed by atoms with Gasteiger partial charge in [-0.2, -0.15) is 0 Å². The SMILES string of the molecule is C=C(C)C(=O)NC(=O)CCc1ccc(S(C)(=O)=O)cc1. The van der Waals surface area contributed by atoms with Crippen LogP contribution < -0.4 is 5.32 Å². The molecule has 0 aliphatic carbocycles. The van der Waals surface area contributed by atoms with Gasteiger partial charge in [0.25, 0.3) is 5.91 Å². The Kier molecular flexibility index (Phi) is 5.21. The van der Waals surface area contributed by atoms with Gasteiger partial charge in [0.2, 0.25) is 5.91 Å². The van der Waals surface area contributed by atoms with Gasteiger partial charge in [-0.05, 0) is 31.0 Å². The van der Waals surface area contributed by atoms with Crippen molar-refractivity contribution in [1.82, 2.24) is 5.32 Å². The predicted molar refractivity (Wildman–Crippen MR) is 75.8 cm³/mol. The number of carbonyl (C=O) groups is 2. The van der Waals surface area contributed by atoms with Crippen molar-refractivity contribution < 1.29 is 18.0 Å². The fourth-order valence-corrected chi connectivity index (χ4v) is 2.09. The van der Waals surface area contributed by atoms with E-state index in [1.54, 1.807) is 12.1 Å². The monoisotopic (exact) mass is 295 g/mol. The van der Waals surface area contributed by atoms with Gasteiger partial charge in [-0.3, -0.25) is 14.9 Å². The molecule has 1 rings (SSSR count). The molecule has 1 N–H and O–H groups in total. The zero-order chi connectivity index (χ0) is 15.3. The van der Waals surface area contributed by atoms with Crippen LogP contribution in [0.3, 0.4) is 0 Å². The first-order valence-electron chi connectivity index (χ1n) is 5.99. The van der Waals surface area contributed by atoms with E-state index in [4.69, 9.17) is 0 Å². The van der Waals surface area contributed by atoms with Crippen molar-refractivity contribution in [2.45, 2.75) is 24.7 Å².